The van der Waals surface area contributed by atoms with Crippen molar-refractivity contribution < 1.29 is 9.84 Å². The van der Waals surface area contributed by atoms with E-state index in [0.717, 1.165) is 26.0 Å². The van der Waals surface area contributed by atoms with Gasteiger partial charge in [-0.25, -0.2) is 0 Å². The van der Waals surface area contributed by atoms with Gasteiger partial charge in [0.05, 0.1) is 6.10 Å². The van der Waals surface area contributed by atoms with Crippen molar-refractivity contribution in [2.24, 2.45) is 5.92 Å². The highest BCUT2D eigenvalue weighted by molar-refractivity contribution is 5.27. The first-order valence-electron chi connectivity index (χ1n) is 6.84. The Morgan fingerprint density at radius 2 is 2.11 bits per heavy atom. The van der Waals surface area contributed by atoms with Gasteiger partial charge in [0.25, 0.3) is 0 Å². The van der Waals surface area contributed by atoms with Gasteiger partial charge in [-0.3, -0.25) is 0 Å². The molecule has 1 aromatic rings. The summed E-state index contributed by atoms with van der Waals surface area (Å²) in [4.78, 5) is 0. The fourth-order valence-corrected chi connectivity index (χ4v) is 2.59. The molecule has 18 heavy (non-hydrogen) atoms. The van der Waals surface area contributed by atoms with Crippen molar-refractivity contribution in [3.05, 3.63) is 29.8 Å². The van der Waals surface area contributed by atoms with Crippen LogP contribution in [0.15, 0.2) is 24.3 Å². The van der Waals surface area contributed by atoms with E-state index in [9.17, 15) is 5.11 Å². The molecule has 1 fully saturated rings. The number of phenols is 1. The third-order valence-electron chi connectivity index (χ3n) is 3.83. The Hall–Kier alpha value is -1.06. The lowest BCUT2D eigenvalue weighted by Gasteiger charge is -2.21. The molecule has 3 nitrogen and oxygen atoms in total. The van der Waals surface area contributed by atoms with Crippen LogP contribution >= 0.6 is 0 Å². The van der Waals surface area contributed by atoms with E-state index in [4.69, 9.17) is 4.74 Å². The summed E-state index contributed by atoms with van der Waals surface area (Å²) in [6, 6.07) is 7.72. The van der Waals surface area contributed by atoms with Crippen LogP contribution in [0.25, 0.3) is 0 Å². The minimum atomic E-state index is 0.309. The number of nitrogens with one attached hydrogen (secondary N) is 1. The monoisotopic (exact) mass is 249 g/mol. The molecule has 0 bridgehead atoms. The molecule has 1 aliphatic rings. The average Bonchev–Trinajstić information content (AvgIpc) is 2.84. The molecular weight excluding hydrogens is 226 g/mol. The number of ether oxygens (including phenoxy) is 1. The van der Waals surface area contributed by atoms with Crippen LogP contribution in [-0.4, -0.2) is 24.4 Å². The van der Waals surface area contributed by atoms with Crippen LogP contribution in [0.1, 0.15) is 38.3 Å². The van der Waals surface area contributed by atoms with Crippen molar-refractivity contribution in [3.8, 4) is 5.75 Å². The van der Waals surface area contributed by atoms with E-state index >= 15 is 0 Å². The molecule has 1 saturated heterocycles. The van der Waals surface area contributed by atoms with Crippen molar-refractivity contribution in [1.82, 2.24) is 5.32 Å². The molecular formula is C15H23NO2. The lowest BCUT2D eigenvalue weighted by atomic mass is 9.98. The highest BCUT2D eigenvalue weighted by atomic mass is 16.5. The Labute approximate surface area is 109 Å². The highest BCUT2D eigenvalue weighted by Crippen LogP contribution is 2.24. The maximum Gasteiger partial charge on any atom is 0.115 e. The summed E-state index contributed by atoms with van der Waals surface area (Å²) in [5, 5.41) is 12.8. The molecule has 3 unspecified atom stereocenters. The van der Waals surface area contributed by atoms with E-state index in [-0.39, 0.29) is 0 Å². The second kappa shape index (κ2) is 6.21. The average molecular weight is 249 g/mol. The van der Waals surface area contributed by atoms with Crippen molar-refractivity contribution in [2.75, 3.05) is 13.2 Å². The topological polar surface area (TPSA) is 41.5 Å². The van der Waals surface area contributed by atoms with Crippen LogP contribution in [0.2, 0.25) is 0 Å². The normalized spacial score (nSPS) is 25.2. The fraction of sp³-hybridized carbons (Fsp3) is 0.600. The second-order valence-corrected chi connectivity index (χ2v) is 5.09. The first-order chi connectivity index (χ1) is 8.70. The van der Waals surface area contributed by atoms with Crippen molar-refractivity contribution in [3.63, 3.8) is 0 Å². The Morgan fingerprint density at radius 1 is 1.39 bits per heavy atom. The molecule has 0 aliphatic carbocycles. The summed E-state index contributed by atoms with van der Waals surface area (Å²) in [7, 11) is 0. The molecule has 1 aliphatic heterocycles. The molecule has 0 aromatic heterocycles. The van der Waals surface area contributed by atoms with Crippen LogP contribution in [0, 0.1) is 5.92 Å². The van der Waals surface area contributed by atoms with E-state index in [1.165, 1.54) is 5.56 Å². The van der Waals surface area contributed by atoms with E-state index in [2.05, 4.69) is 19.2 Å². The molecule has 1 aromatic carbocycles. The number of benzene rings is 1. The molecule has 0 radical (unpaired) electrons. The van der Waals surface area contributed by atoms with Crippen molar-refractivity contribution in [2.45, 2.75) is 38.8 Å². The molecule has 0 spiro atoms. The lowest BCUT2D eigenvalue weighted by molar-refractivity contribution is 0.0867. The number of rotatable bonds is 5. The molecule has 2 rings (SSSR count). The summed E-state index contributed by atoms with van der Waals surface area (Å²) >= 11 is 0. The van der Waals surface area contributed by atoms with Gasteiger partial charge in [0, 0.05) is 19.2 Å². The van der Waals surface area contributed by atoms with Gasteiger partial charge in [-0.15, -0.1) is 0 Å². The van der Waals surface area contributed by atoms with Gasteiger partial charge >= 0.3 is 0 Å². The third kappa shape index (κ3) is 3.24. The SMILES string of the molecule is CCC1OCCC1CNC(C)c1ccc(O)cc1. The largest absolute Gasteiger partial charge is 0.508 e. The Kier molecular flexibility index (Phi) is 4.61. The number of aromatic hydroxyl groups is 1. The molecule has 1 heterocycles. The molecule has 0 amide bonds. The summed E-state index contributed by atoms with van der Waals surface area (Å²) in [5.41, 5.74) is 1.21. The molecule has 3 heteroatoms. The number of hydrogen-bond donors (Lipinski definition) is 2. The van der Waals surface area contributed by atoms with E-state index in [1.807, 2.05) is 12.1 Å². The minimum Gasteiger partial charge on any atom is -0.508 e. The Balaban J connectivity index is 1.84. The smallest absolute Gasteiger partial charge is 0.115 e. The summed E-state index contributed by atoms with van der Waals surface area (Å²) < 4.78 is 5.70. The van der Waals surface area contributed by atoms with E-state index in [0.29, 0.717) is 23.8 Å². The maximum absolute atomic E-state index is 9.27. The van der Waals surface area contributed by atoms with Crippen molar-refractivity contribution in [1.29, 1.82) is 0 Å². The first kappa shape index (κ1) is 13.4. The zero-order valence-electron chi connectivity index (χ0n) is 11.2. The standard InChI is InChI=1S/C15H23NO2/c1-3-15-13(8-9-18-15)10-16-11(2)12-4-6-14(17)7-5-12/h4-7,11,13,15-17H,3,8-10H2,1-2H3. The summed E-state index contributed by atoms with van der Waals surface area (Å²) in [5.74, 6) is 0.954. The van der Waals surface area contributed by atoms with Gasteiger partial charge in [-0.2, -0.15) is 0 Å². The van der Waals surface area contributed by atoms with Gasteiger partial charge in [0.15, 0.2) is 0 Å². The first-order valence-corrected chi connectivity index (χ1v) is 6.84. The van der Waals surface area contributed by atoms with Crippen LogP contribution in [-0.2, 0) is 4.74 Å². The lowest BCUT2D eigenvalue weighted by Crippen LogP contribution is -2.30. The minimum absolute atomic E-state index is 0.309. The maximum atomic E-state index is 9.27. The Morgan fingerprint density at radius 3 is 2.78 bits per heavy atom. The van der Waals surface area contributed by atoms with E-state index in [1.54, 1.807) is 12.1 Å². The van der Waals surface area contributed by atoms with Gasteiger partial charge < -0.3 is 15.2 Å². The van der Waals surface area contributed by atoms with Gasteiger partial charge in [0.1, 0.15) is 5.75 Å². The Bertz CT molecular complexity index is 363. The third-order valence-corrected chi connectivity index (χ3v) is 3.83. The molecule has 100 valence electrons. The zero-order chi connectivity index (χ0) is 13.0. The van der Waals surface area contributed by atoms with Crippen LogP contribution in [0.3, 0.4) is 0 Å². The van der Waals surface area contributed by atoms with Gasteiger partial charge in [-0.05, 0) is 43.4 Å². The second-order valence-electron chi connectivity index (χ2n) is 5.09. The number of phenolic OH excluding ortho intramolecular Hbond substituents is 1. The van der Waals surface area contributed by atoms with Crippen LogP contribution < -0.4 is 5.32 Å². The predicted octanol–water partition coefficient (Wildman–Crippen LogP) is 2.86. The van der Waals surface area contributed by atoms with Gasteiger partial charge in [0.2, 0.25) is 0 Å². The molecule has 3 atom stereocenters. The van der Waals surface area contributed by atoms with Crippen molar-refractivity contribution >= 4 is 0 Å². The predicted molar refractivity (Wildman–Crippen MR) is 72.7 cm³/mol. The quantitative estimate of drug-likeness (QED) is 0.843. The van der Waals surface area contributed by atoms with Crippen LogP contribution in [0.4, 0.5) is 0 Å². The van der Waals surface area contributed by atoms with E-state index < -0.39 is 0 Å². The van der Waals surface area contributed by atoms with Crippen LogP contribution in [0.5, 0.6) is 5.75 Å². The van der Waals surface area contributed by atoms with Gasteiger partial charge in [-0.1, -0.05) is 19.1 Å². The zero-order valence-corrected chi connectivity index (χ0v) is 11.2. The molecule has 2 N–H and O–H groups in total. The number of hydrogen-bond acceptors (Lipinski definition) is 3. The highest BCUT2D eigenvalue weighted by Gasteiger charge is 2.26. The fourth-order valence-electron chi connectivity index (χ4n) is 2.59. The summed E-state index contributed by atoms with van der Waals surface area (Å²) in [6.45, 7) is 6.24. The summed E-state index contributed by atoms with van der Waals surface area (Å²) in [6.07, 6.45) is 2.68. The molecule has 0 saturated carbocycles.